The molecule has 0 saturated carbocycles. The van der Waals surface area contributed by atoms with Crippen LogP contribution in [0.2, 0.25) is 5.02 Å². The van der Waals surface area contributed by atoms with E-state index in [0.29, 0.717) is 5.56 Å². The molecule has 0 aliphatic carbocycles. The topological polar surface area (TPSA) is 141 Å². The van der Waals surface area contributed by atoms with Crippen LogP contribution in [-0.2, 0) is 9.59 Å². The summed E-state index contributed by atoms with van der Waals surface area (Å²) in [7, 11) is 0. The number of carbonyl (C=O) groups is 2. The van der Waals surface area contributed by atoms with Crippen LogP contribution in [0.25, 0.3) is 0 Å². The van der Waals surface area contributed by atoms with Crippen LogP contribution in [0.5, 0.6) is 0 Å². The van der Waals surface area contributed by atoms with Gasteiger partial charge in [0, 0.05) is 11.8 Å². The first-order chi connectivity index (χ1) is 9.22. The number of rotatable bonds is 5. The quantitative estimate of drug-likeness (QED) is 0.542. The van der Waals surface area contributed by atoms with Crippen LogP contribution in [0.4, 0.5) is 11.4 Å². The smallest absolute Gasteiger partial charge is 0.288 e. The molecule has 108 valence electrons. The predicted molar refractivity (Wildman–Crippen MR) is 73.3 cm³/mol. The molecule has 1 aromatic rings. The van der Waals surface area contributed by atoms with Gasteiger partial charge < -0.3 is 16.8 Å². The maximum Gasteiger partial charge on any atom is 0.288 e. The van der Waals surface area contributed by atoms with Gasteiger partial charge in [0.15, 0.2) is 0 Å². The van der Waals surface area contributed by atoms with Gasteiger partial charge in [-0.25, -0.2) is 0 Å². The minimum absolute atomic E-state index is 0.112. The van der Waals surface area contributed by atoms with Gasteiger partial charge in [0.25, 0.3) is 5.69 Å². The van der Waals surface area contributed by atoms with E-state index in [0.717, 1.165) is 0 Å². The second kappa shape index (κ2) is 6.31. The largest absolute Gasteiger partial charge is 0.370 e. The van der Waals surface area contributed by atoms with Gasteiger partial charge in [0.05, 0.1) is 17.4 Å². The Balaban J connectivity index is 2.93. The highest BCUT2D eigenvalue weighted by Crippen LogP contribution is 2.30. The van der Waals surface area contributed by atoms with Crippen LogP contribution in [-0.4, -0.2) is 22.8 Å². The molecular formula is C11H13ClN4O4. The van der Waals surface area contributed by atoms with Crippen molar-refractivity contribution >= 4 is 34.8 Å². The molecule has 1 unspecified atom stereocenters. The molecule has 0 bridgehead atoms. The van der Waals surface area contributed by atoms with E-state index in [-0.39, 0.29) is 22.8 Å². The number of nitrogens with two attached hydrogens (primary N) is 2. The number of carbonyl (C=O) groups excluding carboxylic acids is 2. The first-order valence-electron chi connectivity index (χ1n) is 5.51. The van der Waals surface area contributed by atoms with Crippen LogP contribution in [0.1, 0.15) is 12.0 Å². The average Bonchev–Trinajstić information content (AvgIpc) is 2.31. The number of anilines is 1. The summed E-state index contributed by atoms with van der Waals surface area (Å²) < 4.78 is 0. The Bertz CT molecular complexity index is 576. The number of benzene rings is 1. The average molecular weight is 301 g/mol. The van der Waals surface area contributed by atoms with Gasteiger partial charge >= 0.3 is 0 Å². The number of aryl methyl sites for hydroxylation is 1. The molecule has 0 spiro atoms. The molecule has 0 fully saturated rings. The minimum atomic E-state index is -1.10. The third kappa shape index (κ3) is 3.90. The van der Waals surface area contributed by atoms with E-state index in [4.69, 9.17) is 23.1 Å². The number of hydrogen-bond acceptors (Lipinski definition) is 5. The minimum Gasteiger partial charge on any atom is -0.370 e. The van der Waals surface area contributed by atoms with E-state index in [1.165, 1.54) is 12.1 Å². The van der Waals surface area contributed by atoms with Gasteiger partial charge in [-0.3, -0.25) is 19.7 Å². The van der Waals surface area contributed by atoms with Crippen molar-refractivity contribution in [1.82, 2.24) is 0 Å². The lowest BCUT2D eigenvalue weighted by molar-refractivity contribution is -0.384. The molecule has 0 heterocycles. The maximum atomic E-state index is 11.7. The number of nitro groups is 1. The fourth-order valence-corrected chi connectivity index (χ4v) is 1.71. The highest BCUT2D eigenvalue weighted by Gasteiger charge is 2.19. The van der Waals surface area contributed by atoms with Crippen molar-refractivity contribution in [2.24, 2.45) is 11.5 Å². The van der Waals surface area contributed by atoms with Gasteiger partial charge in [-0.15, -0.1) is 0 Å². The number of amides is 2. The van der Waals surface area contributed by atoms with Crippen molar-refractivity contribution in [3.05, 3.63) is 32.8 Å². The summed E-state index contributed by atoms with van der Waals surface area (Å²) in [5.74, 6) is -1.33. The first-order valence-corrected chi connectivity index (χ1v) is 5.89. The van der Waals surface area contributed by atoms with Gasteiger partial charge in [0.1, 0.15) is 5.02 Å². The Kier molecular flexibility index (Phi) is 5.00. The summed E-state index contributed by atoms with van der Waals surface area (Å²) in [6.45, 7) is 1.57. The number of nitrogens with one attached hydrogen (secondary N) is 1. The summed E-state index contributed by atoms with van der Waals surface area (Å²) in [5, 5.41) is 13.0. The zero-order valence-corrected chi connectivity index (χ0v) is 11.3. The molecule has 1 atom stereocenters. The molecule has 9 heteroatoms. The van der Waals surface area contributed by atoms with Crippen LogP contribution >= 0.6 is 11.6 Å². The summed E-state index contributed by atoms with van der Waals surface area (Å²) in [6.07, 6.45) is -0.300. The monoisotopic (exact) mass is 300 g/mol. The molecular weight excluding hydrogens is 288 g/mol. The predicted octanol–water partition coefficient (Wildman–Crippen LogP) is 0.698. The summed E-state index contributed by atoms with van der Waals surface area (Å²) in [5.41, 5.74) is 10.9. The maximum absolute atomic E-state index is 11.7. The van der Waals surface area contributed by atoms with Crippen molar-refractivity contribution in [3.63, 3.8) is 0 Å². The van der Waals surface area contributed by atoms with Crippen molar-refractivity contribution < 1.29 is 14.5 Å². The molecule has 0 saturated heterocycles. The number of nitrogens with zero attached hydrogens (tertiary/aromatic N) is 1. The molecule has 2 amide bonds. The van der Waals surface area contributed by atoms with E-state index >= 15 is 0 Å². The van der Waals surface area contributed by atoms with Crippen LogP contribution in [0.3, 0.4) is 0 Å². The molecule has 1 rings (SSSR count). The molecule has 0 radical (unpaired) electrons. The lowest BCUT2D eigenvalue weighted by atomic mass is 10.1. The molecule has 5 N–H and O–H groups in total. The van der Waals surface area contributed by atoms with Crippen LogP contribution in [0.15, 0.2) is 12.1 Å². The molecule has 0 aliphatic heterocycles. The van der Waals surface area contributed by atoms with E-state index in [1.807, 2.05) is 0 Å². The summed E-state index contributed by atoms with van der Waals surface area (Å²) >= 11 is 5.75. The summed E-state index contributed by atoms with van der Waals surface area (Å²) in [4.78, 5) is 32.5. The highest BCUT2D eigenvalue weighted by molar-refractivity contribution is 6.33. The third-order valence-corrected chi connectivity index (χ3v) is 2.81. The number of nitro benzene ring substituents is 1. The zero-order chi connectivity index (χ0) is 15.4. The lowest BCUT2D eigenvalue weighted by Gasteiger charge is -2.12. The van der Waals surface area contributed by atoms with Gasteiger partial charge in [0.2, 0.25) is 11.8 Å². The van der Waals surface area contributed by atoms with E-state index in [2.05, 4.69) is 5.32 Å². The van der Waals surface area contributed by atoms with E-state index in [1.54, 1.807) is 6.92 Å². The van der Waals surface area contributed by atoms with Crippen molar-refractivity contribution in [3.8, 4) is 0 Å². The second-order valence-corrected chi connectivity index (χ2v) is 4.55. The van der Waals surface area contributed by atoms with Gasteiger partial charge in [-0.05, 0) is 18.6 Å². The molecule has 1 aromatic carbocycles. The SMILES string of the molecule is Cc1cc([N+](=O)[O-])c(Cl)cc1NC(=O)C(N)CC(N)=O. The fourth-order valence-electron chi connectivity index (χ4n) is 1.48. The Hall–Kier alpha value is -2.19. The van der Waals surface area contributed by atoms with E-state index in [9.17, 15) is 19.7 Å². The van der Waals surface area contributed by atoms with Crippen molar-refractivity contribution in [2.75, 3.05) is 5.32 Å². The Labute approximate surface area is 119 Å². The van der Waals surface area contributed by atoms with Crippen LogP contribution in [0, 0.1) is 17.0 Å². The molecule has 0 aliphatic rings. The second-order valence-electron chi connectivity index (χ2n) is 4.14. The third-order valence-electron chi connectivity index (χ3n) is 2.51. The Morgan fingerprint density at radius 3 is 2.60 bits per heavy atom. The van der Waals surface area contributed by atoms with Crippen molar-refractivity contribution in [2.45, 2.75) is 19.4 Å². The molecule has 8 nitrogen and oxygen atoms in total. The Morgan fingerprint density at radius 2 is 2.10 bits per heavy atom. The van der Waals surface area contributed by atoms with Gasteiger partial charge in [-0.1, -0.05) is 11.6 Å². The number of hydrogen-bond donors (Lipinski definition) is 3. The number of halogens is 1. The number of primary amides is 1. The fraction of sp³-hybridized carbons (Fsp3) is 0.273. The summed E-state index contributed by atoms with van der Waals surface area (Å²) in [6, 6.07) is 1.39. The normalized spacial score (nSPS) is 11.8. The molecule has 0 aromatic heterocycles. The standard InChI is InChI=1S/C11H13ClN4O4/c1-5-2-9(16(19)20)6(12)3-8(5)15-11(18)7(13)4-10(14)17/h2-3,7H,4,13H2,1H3,(H2,14,17)(H,15,18). The van der Waals surface area contributed by atoms with E-state index < -0.39 is 22.8 Å². The Morgan fingerprint density at radius 1 is 1.50 bits per heavy atom. The highest BCUT2D eigenvalue weighted by atomic mass is 35.5. The van der Waals surface area contributed by atoms with Gasteiger partial charge in [-0.2, -0.15) is 0 Å². The first kappa shape index (κ1) is 15.9. The molecule has 20 heavy (non-hydrogen) atoms. The van der Waals surface area contributed by atoms with Crippen LogP contribution < -0.4 is 16.8 Å². The zero-order valence-electron chi connectivity index (χ0n) is 10.6. The lowest BCUT2D eigenvalue weighted by Crippen LogP contribution is -2.39. The van der Waals surface area contributed by atoms with Crippen molar-refractivity contribution in [1.29, 1.82) is 0 Å².